The van der Waals surface area contributed by atoms with E-state index in [9.17, 15) is 4.79 Å². The third kappa shape index (κ3) is 4.86. The van der Waals surface area contributed by atoms with Crippen LogP contribution in [0.5, 0.6) is 0 Å². The third-order valence-electron chi connectivity index (χ3n) is 4.03. The number of nitrogens with one attached hydrogen (secondary N) is 1. The smallest absolute Gasteiger partial charge is 0.317 e. The molecule has 1 aromatic heterocycles. The molecule has 2 amide bonds. The summed E-state index contributed by atoms with van der Waals surface area (Å²) < 4.78 is 1.81. The summed E-state index contributed by atoms with van der Waals surface area (Å²) in [4.78, 5) is 13.9. The first-order valence-corrected chi connectivity index (χ1v) is 8.82. The molecule has 0 saturated heterocycles. The van der Waals surface area contributed by atoms with Gasteiger partial charge in [-0.15, -0.1) is 0 Å². The van der Waals surface area contributed by atoms with Crippen LogP contribution in [0.15, 0.2) is 67.0 Å². The van der Waals surface area contributed by atoms with Crippen LogP contribution in [0.25, 0.3) is 5.69 Å². The highest BCUT2D eigenvalue weighted by atomic mass is 35.5. The Morgan fingerprint density at radius 3 is 2.58 bits per heavy atom. The molecule has 0 fully saturated rings. The summed E-state index contributed by atoms with van der Waals surface area (Å²) in [6.45, 7) is 1.08. The minimum atomic E-state index is -0.105. The van der Waals surface area contributed by atoms with E-state index in [1.54, 1.807) is 18.1 Å². The number of carbonyl (C=O) groups is 1. The van der Waals surface area contributed by atoms with Gasteiger partial charge in [0.2, 0.25) is 0 Å². The van der Waals surface area contributed by atoms with Crippen LogP contribution in [-0.4, -0.2) is 34.3 Å². The maximum atomic E-state index is 12.2. The van der Waals surface area contributed by atoms with E-state index in [0.717, 1.165) is 23.2 Å². The van der Waals surface area contributed by atoms with Crippen molar-refractivity contribution in [3.8, 4) is 5.69 Å². The van der Waals surface area contributed by atoms with Crippen molar-refractivity contribution in [2.45, 2.75) is 13.0 Å². The van der Waals surface area contributed by atoms with Crippen LogP contribution in [0.4, 0.5) is 4.79 Å². The van der Waals surface area contributed by atoms with E-state index in [1.807, 2.05) is 65.5 Å². The SMILES string of the molecule is CN(Cc1cnn(-c2ccccc2)c1)C(=O)NCCc1ccc(Cl)cc1. The number of hydrogen-bond acceptors (Lipinski definition) is 2. The van der Waals surface area contributed by atoms with Gasteiger partial charge in [0.05, 0.1) is 18.4 Å². The number of nitrogens with zero attached hydrogens (tertiary/aromatic N) is 3. The monoisotopic (exact) mass is 368 g/mol. The van der Waals surface area contributed by atoms with E-state index in [0.29, 0.717) is 18.1 Å². The van der Waals surface area contributed by atoms with Crippen molar-refractivity contribution < 1.29 is 4.79 Å². The van der Waals surface area contributed by atoms with Crippen LogP contribution in [0.3, 0.4) is 0 Å². The van der Waals surface area contributed by atoms with Gasteiger partial charge < -0.3 is 10.2 Å². The number of benzene rings is 2. The molecule has 0 unspecified atom stereocenters. The third-order valence-corrected chi connectivity index (χ3v) is 4.28. The standard InChI is InChI=1S/C20H21ClN4O/c1-24(20(26)22-12-11-16-7-9-18(21)10-8-16)14-17-13-23-25(15-17)19-5-3-2-4-6-19/h2-10,13,15H,11-12,14H2,1H3,(H,22,26). The number of para-hydroxylation sites is 1. The van der Waals surface area contributed by atoms with Gasteiger partial charge in [0.1, 0.15) is 0 Å². The van der Waals surface area contributed by atoms with Crippen molar-refractivity contribution >= 4 is 17.6 Å². The quantitative estimate of drug-likeness (QED) is 0.717. The van der Waals surface area contributed by atoms with Gasteiger partial charge in [-0.05, 0) is 36.2 Å². The Bertz CT molecular complexity index is 846. The Labute approximate surface area is 158 Å². The van der Waals surface area contributed by atoms with E-state index in [1.165, 1.54) is 0 Å². The number of rotatable bonds is 6. The van der Waals surface area contributed by atoms with Crippen molar-refractivity contribution in [2.75, 3.05) is 13.6 Å². The van der Waals surface area contributed by atoms with Gasteiger partial charge in [-0.3, -0.25) is 0 Å². The van der Waals surface area contributed by atoms with Crippen molar-refractivity contribution in [3.63, 3.8) is 0 Å². The van der Waals surface area contributed by atoms with Gasteiger partial charge in [0.15, 0.2) is 0 Å². The maximum absolute atomic E-state index is 12.2. The predicted molar refractivity (Wildman–Crippen MR) is 104 cm³/mol. The number of carbonyl (C=O) groups excluding carboxylic acids is 1. The summed E-state index contributed by atoms with van der Waals surface area (Å²) in [6.07, 6.45) is 4.49. The Morgan fingerprint density at radius 1 is 1.12 bits per heavy atom. The van der Waals surface area contributed by atoms with E-state index in [4.69, 9.17) is 11.6 Å². The molecular weight excluding hydrogens is 348 g/mol. The van der Waals surface area contributed by atoms with Crippen LogP contribution in [0.1, 0.15) is 11.1 Å². The lowest BCUT2D eigenvalue weighted by molar-refractivity contribution is 0.207. The van der Waals surface area contributed by atoms with Crippen LogP contribution in [0, 0.1) is 0 Å². The summed E-state index contributed by atoms with van der Waals surface area (Å²) >= 11 is 5.87. The minimum Gasteiger partial charge on any atom is -0.338 e. The summed E-state index contributed by atoms with van der Waals surface area (Å²) in [5, 5.41) is 8.00. The van der Waals surface area contributed by atoms with Gasteiger partial charge in [0, 0.05) is 30.4 Å². The van der Waals surface area contributed by atoms with Crippen molar-refractivity contribution in [2.24, 2.45) is 0 Å². The van der Waals surface area contributed by atoms with Gasteiger partial charge in [0.25, 0.3) is 0 Å². The van der Waals surface area contributed by atoms with Crippen molar-refractivity contribution in [3.05, 3.63) is 83.1 Å². The van der Waals surface area contributed by atoms with E-state index >= 15 is 0 Å². The summed E-state index contributed by atoms with van der Waals surface area (Å²) in [5.74, 6) is 0. The molecule has 6 heteroatoms. The number of amides is 2. The Morgan fingerprint density at radius 2 is 1.85 bits per heavy atom. The topological polar surface area (TPSA) is 50.2 Å². The Kier molecular flexibility index (Phi) is 5.92. The molecule has 0 radical (unpaired) electrons. The fraction of sp³-hybridized carbons (Fsp3) is 0.200. The van der Waals surface area contributed by atoms with Gasteiger partial charge in [-0.25, -0.2) is 9.48 Å². The number of aromatic nitrogens is 2. The maximum Gasteiger partial charge on any atom is 0.317 e. The zero-order valence-electron chi connectivity index (χ0n) is 14.6. The molecule has 26 heavy (non-hydrogen) atoms. The molecule has 2 aromatic carbocycles. The van der Waals surface area contributed by atoms with Gasteiger partial charge in [-0.1, -0.05) is 41.9 Å². The molecule has 1 heterocycles. The normalized spacial score (nSPS) is 10.5. The van der Waals surface area contributed by atoms with Crippen LogP contribution >= 0.6 is 11.6 Å². The molecule has 0 atom stereocenters. The van der Waals surface area contributed by atoms with Crippen molar-refractivity contribution in [1.29, 1.82) is 0 Å². The minimum absolute atomic E-state index is 0.105. The largest absolute Gasteiger partial charge is 0.338 e. The van der Waals surface area contributed by atoms with Crippen LogP contribution < -0.4 is 5.32 Å². The first-order chi connectivity index (χ1) is 12.6. The van der Waals surface area contributed by atoms with Crippen LogP contribution in [-0.2, 0) is 13.0 Å². The zero-order chi connectivity index (χ0) is 18.4. The lowest BCUT2D eigenvalue weighted by Gasteiger charge is -2.17. The molecule has 0 aliphatic carbocycles. The number of hydrogen-bond donors (Lipinski definition) is 1. The van der Waals surface area contributed by atoms with E-state index in [2.05, 4.69) is 10.4 Å². The van der Waals surface area contributed by atoms with Crippen molar-refractivity contribution in [1.82, 2.24) is 20.0 Å². The summed E-state index contributed by atoms with van der Waals surface area (Å²) in [5.41, 5.74) is 3.11. The zero-order valence-corrected chi connectivity index (χ0v) is 15.4. The van der Waals surface area contributed by atoms with E-state index < -0.39 is 0 Å². The average Bonchev–Trinajstić information content (AvgIpc) is 3.12. The second-order valence-corrected chi connectivity index (χ2v) is 6.53. The first kappa shape index (κ1) is 18.0. The lowest BCUT2D eigenvalue weighted by Crippen LogP contribution is -2.37. The fourth-order valence-corrected chi connectivity index (χ4v) is 2.74. The molecule has 0 spiro atoms. The van der Waals surface area contributed by atoms with Crippen LogP contribution in [0.2, 0.25) is 5.02 Å². The Balaban J connectivity index is 1.48. The molecule has 3 rings (SSSR count). The number of urea groups is 1. The highest BCUT2D eigenvalue weighted by Gasteiger charge is 2.10. The molecule has 3 aromatic rings. The highest BCUT2D eigenvalue weighted by Crippen LogP contribution is 2.10. The first-order valence-electron chi connectivity index (χ1n) is 8.44. The predicted octanol–water partition coefficient (Wildman–Crippen LogP) is 3.91. The molecule has 0 aliphatic rings. The second-order valence-electron chi connectivity index (χ2n) is 6.09. The molecular formula is C20H21ClN4O. The Hall–Kier alpha value is -2.79. The summed E-state index contributed by atoms with van der Waals surface area (Å²) in [6, 6.07) is 17.4. The molecule has 1 N–H and O–H groups in total. The molecule has 0 aliphatic heterocycles. The molecule has 0 bridgehead atoms. The molecule has 0 saturated carbocycles. The average molecular weight is 369 g/mol. The van der Waals surface area contributed by atoms with E-state index in [-0.39, 0.29) is 6.03 Å². The molecule has 5 nitrogen and oxygen atoms in total. The highest BCUT2D eigenvalue weighted by molar-refractivity contribution is 6.30. The second kappa shape index (κ2) is 8.54. The summed E-state index contributed by atoms with van der Waals surface area (Å²) in [7, 11) is 1.78. The fourth-order valence-electron chi connectivity index (χ4n) is 2.61. The van der Waals surface area contributed by atoms with Gasteiger partial charge >= 0.3 is 6.03 Å². The molecule has 134 valence electrons. The van der Waals surface area contributed by atoms with Gasteiger partial charge in [-0.2, -0.15) is 5.10 Å². The number of halogens is 1. The lowest BCUT2D eigenvalue weighted by atomic mass is 10.1.